The number of aromatic nitrogens is 3. The molecule has 0 saturated heterocycles. The minimum atomic E-state index is -0.417. The molecule has 122 valence electrons. The molecule has 0 aromatic carbocycles. The second-order valence-electron chi connectivity index (χ2n) is 5.37. The van der Waals surface area contributed by atoms with Gasteiger partial charge in [0, 0.05) is 37.1 Å². The van der Waals surface area contributed by atoms with E-state index in [1.165, 1.54) is 0 Å². The number of pyridine rings is 1. The summed E-state index contributed by atoms with van der Waals surface area (Å²) in [5, 5.41) is 2.37. The van der Waals surface area contributed by atoms with Crippen molar-refractivity contribution < 1.29 is 4.79 Å². The van der Waals surface area contributed by atoms with E-state index >= 15 is 0 Å². The van der Waals surface area contributed by atoms with Crippen LogP contribution in [0.3, 0.4) is 0 Å². The van der Waals surface area contributed by atoms with Gasteiger partial charge in [-0.1, -0.05) is 13.0 Å². The maximum atomic E-state index is 12.6. The minimum Gasteiger partial charge on any atom is -0.334 e. The normalized spacial score (nSPS) is 11.9. The van der Waals surface area contributed by atoms with Crippen molar-refractivity contribution in [3.05, 3.63) is 62.9 Å². The predicted molar refractivity (Wildman–Crippen MR) is 85.9 cm³/mol. The fourth-order valence-corrected chi connectivity index (χ4v) is 2.20. The molecule has 0 fully saturated rings. The largest absolute Gasteiger partial charge is 0.334 e. The van der Waals surface area contributed by atoms with Gasteiger partial charge in [0.15, 0.2) is 0 Å². The fourth-order valence-electron chi connectivity index (χ4n) is 2.20. The fraction of sp³-hybridized carbons (Fsp3) is 0.375. The number of nitrogens with one attached hydrogen (secondary N) is 1. The third-order valence-corrected chi connectivity index (χ3v) is 3.70. The maximum absolute atomic E-state index is 12.6. The highest BCUT2D eigenvalue weighted by molar-refractivity contribution is 5.76. The Morgan fingerprint density at radius 2 is 2.13 bits per heavy atom. The van der Waals surface area contributed by atoms with Crippen molar-refractivity contribution in [2.75, 3.05) is 0 Å². The maximum Gasteiger partial charge on any atom is 0.265 e. The molecule has 2 heterocycles. The van der Waals surface area contributed by atoms with Gasteiger partial charge in [-0.25, -0.2) is 4.68 Å². The molecule has 1 amide bonds. The quantitative estimate of drug-likeness (QED) is 0.852. The monoisotopic (exact) mass is 316 g/mol. The first-order valence-corrected chi connectivity index (χ1v) is 7.49. The van der Waals surface area contributed by atoms with E-state index in [4.69, 9.17) is 0 Å². The molecule has 0 aliphatic heterocycles. The molecule has 2 aromatic heterocycles. The van der Waals surface area contributed by atoms with Gasteiger partial charge in [-0.05, 0) is 25.0 Å². The summed E-state index contributed by atoms with van der Waals surface area (Å²) in [5.74, 6) is -0.229. The van der Waals surface area contributed by atoms with Gasteiger partial charge in [0.1, 0.15) is 6.54 Å². The summed E-state index contributed by atoms with van der Waals surface area (Å²) >= 11 is 0. The van der Waals surface area contributed by atoms with Crippen LogP contribution < -0.4 is 11.1 Å². The van der Waals surface area contributed by atoms with E-state index in [1.807, 2.05) is 26.0 Å². The lowest BCUT2D eigenvalue weighted by Gasteiger charge is -2.28. The zero-order chi connectivity index (χ0) is 16.8. The van der Waals surface area contributed by atoms with E-state index in [0.717, 1.165) is 28.8 Å². The van der Waals surface area contributed by atoms with Gasteiger partial charge in [-0.2, -0.15) is 0 Å². The van der Waals surface area contributed by atoms with Crippen molar-refractivity contribution in [2.45, 2.75) is 39.4 Å². The molecule has 2 aromatic rings. The Morgan fingerprint density at radius 1 is 1.35 bits per heavy atom. The van der Waals surface area contributed by atoms with Crippen LogP contribution in [-0.4, -0.2) is 31.6 Å². The van der Waals surface area contributed by atoms with Crippen LogP contribution in [0.4, 0.5) is 0 Å². The topological polar surface area (TPSA) is 88.1 Å². The average molecular weight is 316 g/mol. The van der Waals surface area contributed by atoms with Crippen LogP contribution in [0.5, 0.6) is 0 Å². The Bertz CT molecular complexity index is 767. The van der Waals surface area contributed by atoms with Crippen molar-refractivity contribution in [3.63, 3.8) is 0 Å². The van der Waals surface area contributed by atoms with Crippen LogP contribution in [0.2, 0.25) is 0 Å². The third kappa shape index (κ3) is 4.38. The van der Waals surface area contributed by atoms with Crippen LogP contribution >= 0.6 is 0 Å². The molecule has 7 nitrogen and oxygen atoms in total. The van der Waals surface area contributed by atoms with Gasteiger partial charge in [0.05, 0.1) is 0 Å². The molecule has 0 aliphatic carbocycles. The second-order valence-corrected chi connectivity index (χ2v) is 5.37. The Balaban J connectivity index is 2.21. The highest BCUT2D eigenvalue weighted by atomic mass is 16.2. The van der Waals surface area contributed by atoms with E-state index in [2.05, 4.69) is 10.1 Å². The number of carbonyl (C=O) groups excluding carboxylic acids is 1. The van der Waals surface area contributed by atoms with E-state index < -0.39 is 11.1 Å². The average Bonchev–Trinajstić information content (AvgIpc) is 2.56. The predicted octanol–water partition coefficient (Wildman–Crippen LogP) is 0.759. The van der Waals surface area contributed by atoms with E-state index in [-0.39, 0.29) is 18.5 Å². The Labute approximate surface area is 133 Å². The number of hydrogen-bond donors (Lipinski definition) is 1. The smallest absolute Gasteiger partial charge is 0.265 e. The summed E-state index contributed by atoms with van der Waals surface area (Å²) in [4.78, 5) is 41.4. The molecule has 0 radical (unpaired) electrons. The first-order valence-electron chi connectivity index (χ1n) is 7.49. The van der Waals surface area contributed by atoms with Gasteiger partial charge in [0.2, 0.25) is 5.91 Å². The zero-order valence-electron chi connectivity index (χ0n) is 13.2. The Morgan fingerprint density at radius 3 is 2.78 bits per heavy atom. The Kier molecular flexibility index (Phi) is 5.46. The lowest BCUT2D eigenvalue weighted by molar-refractivity contribution is -0.135. The summed E-state index contributed by atoms with van der Waals surface area (Å²) in [6, 6.07) is 6.01. The lowest BCUT2D eigenvalue weighted by Crippen LogP contribution is -2.42. The summed E-state index contributed by atoms with van der Waals surface area (Å²) in [7, 11) is 0. The standard InChI is InChI=1S/C16H20N4O3/c1-3-12(2)19(10-13-5-4-8-17-9-13)16(23)11-20-15(22)7-6-14(21)18-20/h4-9,12H,3,10-11H2,1-2H3,(H,18,21)/t12-/m0/s1. The van der Waals surface area contributed by atoms with Crippen LogP contribution in [-0.2, 0) is 17.9 Å². The first-order chi connectivity index (χ1) is 11.0. The van der Waals surface area contributed by atoms with E-state index in [0.29, 0.717) is 6.54 Å². The SMILES string of the molecule is CC[C@H](C)N(Cc1cccnc1)C(=O)Cn1[nH]c(=O)ccc1=O. The number of carbonyl (C=O) groups is 1. The number of amides is 1. The van der Waals surface area contributed by atoms with Crippen LogP contribution in [0.15, 0.2) is 46.2 Å². The first kappa shape index (κ1) is 16.7. The molecule has 0 unspecified atom stereocenters. The van der Waals surface area contributed by atoms with Crippen LogP contribution in [0.1, 0.15) is 25.8 Å². The summed E-state index contributed by atoms with van der Waals surface area (Å²) in [6.45, 7) is 4.16. The van der Waals surface area contributed by atoms with Crippen molar-refractivity contribution >= 4 is 5.91 Å². The van der Waals surface area contributed by atoms with Crippen molar-refractivity contribution in [3.8, 4) is 0 Å². The van der Waals surface area contributed by atoms with E-state index in [1.54, 1.807) is 17.3 Å². The third-order valence-electron chi connectivity index (χ3n) is 3.70. The number of H-pyrrole nitrogens is 1. The van der Waals surface area contributed by atoms with Gasteiger partial charge in [-0.15, -0.1) is 0 Å². The number of aromatic amines is 1. The number of rotatable bonds is 6. The van der Waals surface area contributed by atoms with Crippen LogP contribution in [0, 0.1) is 0 Å². The summed E-state index contributed by atoms with van der Waals surface area (Å²) < 4.78 is 1.03. The molecular weight excluding hydrogens is 296 g/mol. The van der Waals surface area contributed by atoms with Gasteiger partial charge in [-0.3, -0.25) is 24.5 Å². The van der Waals surface area contributed by atoms with Crippen molar-refractivity contribution in [2.24, 2.45) is 0 Å². The molecule has 0 saturated carbocycles. The molecule has 1 atom stereocenters. The molecule has 1 N–H and O–H groups in total. The zero-order valence-corrected chi connectivity index (χ0v) is 13.2. The second kappa shape index (κ2) is 7.53. The van der Waals surface area contributed by atoms with Crippen molar-refractivity contribution in [1.82, 2.24) is 19.7 Å². The van der Waals surface area contributed by atoms with Gasteiger partial charge in [0.25, 0.3) is 11.1 Å². The van der Waals surface area contributed by atoms with E-state index in [9.17, 15) is 14.4 Å². The molecule has 0 spiro atoms. The highest BCUT2D eigenvalue weighted by Crippen LogP contribution is 2.10. The molecular formula is C16H20N4O3. The van der Waals surface area contributed by atoms with Crippen LogP contribution in [0.25, 0.3) is 0 Å². The highest BCUT2D eigenvalue weighted by Gasteiger charge is 2.20. The Hall–Kier alpha value is -2.70. The molecule has 0 aliphatic rings. The van der Waals surface area contributed by atoms with Gasteiger partial charge >= 0.3 is 0 Å². The minimum absolute atomic E-state index is 0.00819. The number of hydrogen-bond acceptors (Lipinski definition) is 4. The summed E-state index contributed by atoms with van der Waals surface area (Å²) in [6.07, 6.45) is 4.17. The molecule has 0 bridgehead atoms. The molecule has 23 heavy (non-hydrogen) atoms. The molecule has 2 rings (SSSR count). The number of nitrogens with zero attached hydrogens (tertiary/aromatic N) is 3. The summed E-state index contributed by atoms with van der Waals surface area (Å²) in [5.41, 5.74) is 0.0817. The van der Waals surface area contributed by atoms with Crippen molar-refractivity contribution in [1.29, 1.82) is 0 Å². The lowest BCUT2D eigenvalue weighted by atomic mass is 10.2. The van der Waals surface area contributed by atoms with Gasteiger partial charge < -0.3 is 4.90 Å². The molecule has 7 heteroatoms.